The van der Waals surface area contributed by atoms with Crippen LogP contribution in [0.2, 0.25) is 0 Å². The van der Waals surface area contributed by atoms with E-state index in [9.17, 15) is 0 Å². The van der Waals surface area contributed by atoms with Crippen LogP contribution in [-0.2, 0) is 0 Å². The second-order valence-electron chi connectivity index (χ2n) is 4.07. The van der Waals surface area contributed by atoms with Crippen LogP contribution in [0, 0.1) is 5.92 Å². The lowest BCUT2D eigenvalue weighted by Gasteiger charge is -2.15. The fourth-order valence-corrected chi connectivity index (χ4v) is 1.21. The zero-order valence-corrected chi connectivity index (χ0v) is 9.86. The van der Waals surface area contributed by atoms with Gasteiger partial charge in [-0.15, -0.1) is 0 Å². The smallest absolute Gasteiger partial charge is 0.102 e. The molecule has 82 valence electrons. The molecule has 2 N–H and O–H groups in total. The molecule has 1 rings (SSSR count). The standard InChI is InChI=1S/C12H19N3/c1-9(2)12(13)14-10-7-5-6-8-11(10)15(3)4/h5-9H,1-4H3,(H2,13,14). The van der Waals surface area contributed by atoms with Crippen LogP contribution in [-0.4, -0.2) is 19.9 Å². The fraction of sp³-hybridized carbons (Fsp3) is 0.417. The van der Waals surface area contributed by atoms with E-state index >= 15 is 0 Å². The van der Waals surface area contributed by atoms with Crippen molar-refractivity contribution >= 4 is 17.2 Å². The Balaban J connectivity index is 3.09. The summed E-state index contributed by atoms with van der Waals surface area (Å²) in [5.74, 6) is 0.949. The minimum Gasteiger partial charge on any atom is -0.387 e. The van der Waals surface area contributed by atoms with Gasteiger partial charge in [-0.1, -0.05) is 26.0 Å². The maximum absolute atomic E-state index is 5.85. The maximum Gasteiger partial charge on any atom is 0.102 e. The summed E-state index contributed by atoms with van der Waals surface area (Å²) in [5, 5.41) is 0. The first kappa shape index (κ1) is 11.6. The van der Waals surface area contributed by atoms with Gasteiger partial charge >= 0.3 is 0 Å². The molecule has 0 aliphatic rings. The van der Waals surface area contributed by atoms with E-state index in [1.807, 2.05) is 57.1 Å². The largest absolute Gasteiger partial charge is 0.387 e. The molecule has 0 radical (unpaired) electrons. The van der Waals surface area contributed by atoms with Gasteiger partial charge in [-0.3, -0.25) is 0 Å². The van der Waals surface area contributed by atoms with Gasteiger partial charge in [-0.05, 0) is 12.1 Å². The molecule has 3 nitrogen and oxygen atoms in total. The zero-order chi connectivity index (χ0) is 11.4. The molecule has 1 aromatic rings. The van der Waals surface area contributed by atoms with Crippen LogP contribution < -0.4 is 10.6 Å². The first-order valence-corrected chi connectivity index (χ1v) is 5.12. The predicted octanol–water partition coefficient (Wildman–Crippen LogP) is 2.40. The highest BCUT2D eigenvalue weighted by Gasteiger charge is 2.04. The summed E-state index contributed by atoms with van der Waals surface area (Å²) < 4.78 is 0. The Bertz CT molecular complexity index is 354. The second kappa shape index (κ2) is 4.82. The fourth-order valence-electron chi connectivity index (χ4n) is 1.21. The van der Waals surface area contributed by atoms with Crippen molar-refractivity contribution in [3.05, 3.63) is 24.3 Å². The van der Waals surface area contributed by atoms with Crippen LogP contribution >= 0.6 is 0 Å². The highest BCUT2D eigenvalue weighted by atomic mass is 15.1. The van der Waals surface area contributed by atoms with Crippen LogP contribution in [0.1, 0.15) is 13.8 Å². The highest BCUT2D eigenvalue weighted by Crippen LogP contribution is 2.26. The van der Waals surface area contributed by atoms with Gasteiger partial charge in [0, 0.05) is 20.0 Å². The van der Waals surface area contributed by atoms with Gasteiger partial charge in [0.2, 0.25) is 0 Å². The minimum absolute atomic E-state index is 0.278. The summed E-state index contributed by atoms with van der Waals surface area (Å²) >= 11 is 0. The molecule has 0 amide bonds. The molecule has 3 heteroatoms. The molecule has 0 saturated carbocycles. The van der Waals surface area contributed by atoms with Crippen molar-refractivity contribution in [1.29, 1.82) is 0 Å². The van der Waals surface area contributed by atoms with Crippen molar-refractivity contribution in [2.24, 2.45) is 16.6 Å². The van der Waals surface area contributed by atoms with Gasteiger partial charge in [0.25, 0.3) is 0 Å². The normalized spacial score (nSPS) is 11.9. The molecular weight excluding hydrogens is 186 g/mol. The first-order chi connectivity index (χ1) is 7.02. The Kier molecular flexibility index (Phi) is 3.72. The van der Waals surface area contributed by atoms with E-state index in [0.29, 0.717) is 5.84 Å². The van der Waals surface area contributed by atoms with E-state index in [4.69, 9.17) is 5.73 Å². The van der Waals surface area contributed by atoms with Crippen LogP contribution in [0.3, 0.4) is 0 Å². The number of aliphatic imine (C=N–C) groups is 1. The number of para-hydroxylation sites is 2. The Labute approximate surface area is 91.6 Å². The lowest BCUT2D eigenvalue weighted by atomic mass is 10.2. The van der Waals surface area contributed by atoms with Gasteiger partial charge in [-0.2, -0.15) is 0 Å². The summed E-state index contributed by atoms with van der Waals surface area (Å²) in [6.45, 7) is 4.08. The summed E-state index contributed by atoms with van der Waals surface area (Å²) in [5.41, 5.74) is 7.86. The van der Waals surface area contributed by atoms with Crippen LogP contribution in [0.15, 0.2) is 29.3 Å². The quantitative estimate of drug-likeness (QED) is 0.608. The molecule has 0 saturated heterocycles. The summed E-state index contributed by atoms with van der Waals surface area (Å²) in [6, 6.07) is 7.98. The average molecular weight is 205 g/mol. The molecule has 0 atom stereocenters. The zero-order valence-electron chi connectivity index (χ0n) is 9.86. The van der Waals surface area contributed by atoms with Gasteiger partial charge in [-0.25, -0.2) is 4.99 Å². The molecule has 0 fully saturated rings. The third-order valence-electron chi connectivity index (χ3n) is 2.20. The van der Waals surface area contributed by atoms with Crippen LogP contribution in [0.25, 0.3) is 0 Å². The highest BCUT2D eigenvalue weighted by molar-refractivity contribution is 5.86. The van der Waals surface area contributed by atoms with Gasteiger partial charge in [0.1, 0.15) is 5.84 Å². The lowest BCUT2D eigenvalue weighted by Crippen LogP contribution is -2.18. The third kappa shape index (κ3) is 2.98. The molecule has 0 unspecified atom stereocenters. The van der Waals surface area contributed by atoms with E-state index in [0.717, 1.165) is 11.4 Å². The molecule has 0 spiro atoms. The maximum atomic E-state index is 5.85. The van der Waals surface area contributed by atoms with Gasteiger partial charge in [0.05, 0.1) is 11.4 Å². The Morgan fingerprint density at radius 2 is 1.87 bits per heavy atom. The van der Waals surface area contributed by atoms with E-state index < -0.39 is 0 Å². The van der Waals surface area contributed by atoms with Crippen molar-refractivity contribution in [1.82, 2.24) is 0 Å². The summed E-state index contributed by atoms with van der Waals surface area (Å²) in [6.07, 6.45) is 0. The van der Waals surface area contributed by atoms with E-state index in [1.54, 1.807) is 0 Å². The number of hydrogen-bond donors (Lipinski definition) is 1. The number of nitrogens with zero attached hydrogens (tertiary/aromatic N) is 2. The predicted molar refractivity (Wildman–Crippen MR) is 66.9 cm³/mol. The molecule has 0 heterocycles. The van der Waals surface area contributed by atoms with Crippen molar-refractivity contribution in [2.75, 3.05) is 19.0 Å². The second-order valence-corrected chi connectivity index (χ2v) is 4.07. The summed E-state index contributed by atoms with van der Waals surface area (Å²) in [7, 11) is 4.00. The molecule has 0 aliphatic carbocycles. The number of rotatable bonds is 3. The molecule has 0 aliphatic heterocycles. The third-order valence-corrected chi connectivity index (χ3v) is 2.20. The average Bonchev–Trinajstić information content (AvgIpc) is 2.18. The molecule has 1 aromatic carbocycles. The molecule has 0 bridgehead atoms. The van der Waals surface area contributed by atoms with E-state index in [1.165, 1.54) is 0 Å². The molecule has 15 heavy (non-hydrogen) atoms. The molecule has 0 aromatic heterocycles. The van der Waals surface area contributed by atoms with Crippen LogP contribution in [0.5, 0.6) is 0 Å². The number of anilines is 1. The number of hydrogen-bond acceptors (Lipinski definition) is 2. The van der Waals surface area contributed by atoms with Crippen molar-refractivity contribution in [2.45, 2.75) is 13.8 Å². The van der Waals surface area contributed by atoms with E-state index in [2.05, 4.69) is 4.99 Å². The first-order valence-electron chi connectivity index (χ1n) is 5.12. The summed E-state index contributed by atoms with van der Waals surface area (Å²) in [4.78, 5) is 6.47. The van der Waals surface area contributed by atoms with Crippen LogP contribution in [0.4, 0.5) is 11.4 Å². The number of benzene rings is 1. The molecular formula is C12H19N3. The number of nitrogens with two attached hydrogens (primary N) is 1. The number of amidine groups is 1. The Morgan fingerprint density at radius 1 is 1.27 bits per heavy atom. The monoisotopic (exact) mass is 205 g/mol. The SMILES string of the molecule is CC(C)C(N)=Nc1ccccc1N(C)C. The Hall–Kier alpha value is -1.51. The van der Waals surface area contributed by atoms with E-state index in [-0.39, 0.29) is 5.92 Å². The van der Waals surface area contributed by atoms with Crippen molar-refractivity contribution in [3.8, 4) is 0 Å². The minimum atomic E-state index is 0.278. The topological polar surface area (TPSA) is 41.6 Å². The van der Waals surface area contributed by atoms with Gasteiger partial charge in [0.15, 0.2) is 0 Å². The lowest BCUT2D eigenvalue weighted by molar-refractivity contribution is 0.873. The van der Waals surface area contributed by atoms with Crippen molar-refractivity contribution in [3.63, 3.8) is 0 Å². The van der Waals surface area contributed by atoms with Gasteiger partial charge < -0.3 is 10.6 Å². The Morgan fingerprint density at radius 3 is 2.40 bits per heavy atom. The van der Waals surface area contributed by atoms with Crippen molar-refractivity contribution < 1.29 is 0 Å².